The molecule has 0 saturated carbocycles. The number of amides is 1. The van der Waals surface area contributed by atoms with Gasteiger partial charge < -0.3 is 20.1 Å². The van der Waals surface area contributed by atoms with Gasteiger partial charge in [0, 0.05) is 11.3 Å². The highest BCUT2D eigenvalue weighted by molar-refractivity contribution is 7.90. The van der Waals surface area contributed by atoms with Gasteiger partial charge in [0.15, 0.2) is 9.84 Å². The summed E-state index contributed by atoms with van der Waals surface area (Å²) in [5.41, 5.74) is 0.302. The summed E-state index contributed by atoms with van der Waals surface area (Å²) in [6.07, 6.45) is 0. The highest BCUT2D eigenvalue weighted by atomic mass is 32.2. The number of benzene rings is 1. The average molecular weight is 406 g/mol. The number of fused-ring (bicyclic) bond motifs is 1. The standard InChI is InChI=1S/C18H18N2O7S/c1-10-2-4-11(5-3-10)7-20-13-9-28(26,27)8-12(13)16(23)15(18(20)25)17(24)19-6-14(21)22/h2-5,23H,6-9H2,1H3,(H,19,24)(H,21,22). The van der Waals surface area contributed by atoms with Crippen LogP contribution in [0.5, 0.6) is 5.75 Å². The number of sulfone groups is 1. The Kier molecular flexibility index (Phi) is 4.99. The first kappa shape index (κ1) is 19.6. The van der Waals surface area contributed by atoms with Crippen molar-refractivity contribution in [3.8, 4) is 5.75 Å². The molecular formula is C18H18N2O7S. The summed E-state index contributed by atoms with van der Waals surface area (Å²) in [4.78, 5) is 35.9. The van der Waals surface area contributed by atoms with Crippen LogP contribution in [0.1, 0.15) is 32.7 Å². The molecule has 0 saturated heterocycles. The third-order valence-corrected chi connectivity index (χ3v) is 5.91. The number of carboxylic acids is 1. The molecule has 0 radical (unpaired) electrons. The SMILES string of the molecule is Cc1ccc(Cn2c3c(c(O)c(C(=O)NCC(=O)O)c2=O)CS(=O)(=O)C3)cc1. The zero-order valence-corrected chi connectivity index (χ0v) is 15.7. The second-order valence-electron chi connectivity index (χ2n) is 6.63. The van der Waals surface area contributed by atoms with Gasteiger partial charge in [-0.3, -0.25) is 14.4 Å². The number of nitrogens with zero attached hydrogens (tertiary/aromatic N) is 1. The van der Waals surface area contributed by atoms with E-state index in [2.05, 4.69) is 0 Å². The van der Waals surface area contributed by atoms with Gasteiger partial charge >= 0.3 is 5.97 Å². The zero-order chi connectivity index (χ0) is 20.6. The summed E-state index contributed by atoms with van der Waals surface area (Å²) in [7, 11) is -3.58. The van der Waals surface area contributed by atoms with E-state index in [-0.39, 0.29) is 17.8 Å². The molecule has 0 fully saturated rings. The Morgan fingerprint density at radius 2 is 1.82 bits per heavy atom. The molecule has 1 aromatic carbocycles. The molecule has 1 aliphatic heterocycles. The van der Waals surface area contributed by atoms with Crippen LogP contribution in [0.2, 0.25) is 0 Å². The van der Waals surface area contributed by atoms with E-state index in [0.717, 1.165) is 10.1 Å². The fourth-order valence-corrected chi connectivity index (χ4v) is 4.69. The molecule has 0 spiro atoms. The maximum atomic E-state index is 12.9. The maximum absolute atomic E-state index is 12.9. The largest absolute Gasteiger partial charge is 0.507 e. The number of aromatic hydroxyl groups is 1. The highest BCUT2D eigenvalue weighted by Crippen LogP contribution is 2.33. The number of aliphatic carboxylic acids is 1. The first-order valence-electron chi connectivity index (χ1n) is 8.32. The molecular weight excluding hydrogens is 388 g/mol. The van der Waals surface area contributed by atoms with Crippen LogP contribution in [0, 0.1) is 6.92 Å². The van der Waals surface area contributed by atoms with Crippen LogP contribution in [0.3, 0.4) is 0 Å². The summed E-state index contributed by atoms with van der Waals surface area (Å²) >= 11 is 0. The van der Waals surface area contributed by atoms with E-state index >= 15 is 0 Å². The molecule has 0 bridgehead atoms. The van der Waals surface area contributed by atoms with Gasteiger partial charge in [-0.2, -0.15) is 0 Å². The van der Waals surface area contributed by atoms with E-state index in [9.17, 15) is 27.9 Å². The number of rotatable bonds is 5. The van der Waals surface area contributed by atoms with E-state index in [1.54, 1.807) is 12.1 Å². The fourth-order valence-electron chi connectivity index (χ4n) is 3.10. The van der Waals surface area contributed by atoms with Gasteiger partial charge in [0.25, 0.3) is 11.5 Å². The van der Waals surface area contributed by atoms with E-state index < -0.39 is 56.6 Å². The number of nitrogens with one attached hydrogen (secondary N) is 1. The van der Waals surface area contributed by atoms with Gasteiger partial charge in [-0.05, 0) is 12.5 Å². The molecule has 9 nitrogen and oxygen atoms in total. The van der Waals surface area contributed by atoms with Crippen molar-refractivity contribution < 1.29 is 28.2 Å². The molecule has 28 heavy (non-hydrogen) atoms. The smallest absolute Gasteiger partial charge is 0.322 e. The molecule has 0 unspecified atom stereocenters. The Morgan fingerprint density at radius 3 is 2.43 bits per heavy atom. The first-order chi connectivity index (χ1) is 13.1. The Bertz CT molecular complexity index is 1130. The number of aryl methyl sites for hydroxylation is 1. The topological polar surface area (TPSA) is 143 Å². The summed E-state index contributed by atoms with van der Waals surface area (Å²) < 4.78 is 25.3. The molecule has 0 aliphatic carbocycles. The maximum Gasteiger partial charge on any atom is 0.322 e. The summed E-state index contributed by atoms with van der Waals surface area (Å²) in [5, 5.41) is 21.1. The van der Waals surface area contributed by atoms with Crippen molar-refractivity contribution in [2.24, 2.45) is 0 Å². The monoisotopic (exact) mass is 406 g/mol. The summed E-state index contributed by atoms with van der Waals surface area (Å²) in [6, 6.07) is 7.21. The van der Waals surface area contributed by atoms with Crippen molar-refractivity contribution in [3.05, 3.63) is 62.6 Å². The van der Waals surface area contributed by atoms with Gasteiger partial charge in [-0.25, -0.2) is 8.42 Å². The number of carbonyl (C=O) groups excluding carboxylic acids is 1. The molecule has 3 N–H and O–H groups in total. The predicted molar refractivity (Wildman–Crippen MR) is 98.9 cm³/mol. The van der Waals surface area contributed by atoms with Crippen LogP contribution < -0.4 is 10.9 Å². The van der Waals surface area contributed by atoms with Crippen molar-refractivity contribution in [1.29, 1.82) is 0 Å². The van der Waals surface area contributed by atoms with Gasteiger partial charge in [-0.15, -0.1) is 0 Å². The first-order valence-corrected chi connectivity index (χ1v) is 10.1. The minimum atomic E-state index is -3.58. The highest BCUT2D eigenvalue weighted by Gasteiger charge is 2.35. The quantitative estimate of drug-likeness (QED) is 0.641. The number of hydrogen-bond acceptors (Lipinski definition) is 6. The Hall–Kier alpha value is -3.14. The number of carboxylic acid groups (broad SMARTS) is 1. The third-order valence-electron chi connectivity index (χ3n) is 4.47. The van der Waals surface area contributed by atoms with Crippen LogP contribution in [-0.4, -0.2) is 41.6 Å². The normalized spacial score (nSPS) is 14.5. The van der Waals surface area contributed by atoms with Gasteiger partial charge in [0.1, 0.15) is 17.9 Å². The van der Waals surface area contributed by atoms with E-state index in [4.69, 9.17) is 5.11 Å². The Morgan fingerprint density at radius 1 is 1.18 bits per heavy atom. The average Bonchev–Trinajstić information content (AvgIpc) is 2.94. The molecule has 1 aliphatic rings. The number of aromatic nitrogens is 1. The lowest BCUT2D eigenvalue weighted by Crippen LogP contribution is -2.37. The number of hydrogen-bond donors (Lipinski definition) is 3. The number of carbonyl (C=O) groups is 2. The molecule has 3 rings (SSSR count). The van der Waals surface area contributed by atoms with Crippen LogP contribution in [0.15, 0.2) is 29.1 Å². The molecule has 148 valence electrons. The van der Waals surface area contributed by atoms with Crippen LogP contribution in [0.25, 0.3) is 0 Å². The summed E-state index contributed by atoms with van der Waals surface area (Å²) in [5.74, 6) is -4.04. The molecule has 2 aromatic rings. The Labute approximate surface area is 160 Å². The molecule has 10 heteroatoms. The van der Waals surface area contributed by atoms with Crippen molar-refractivity contribution >= 4 is 21.7 Å². The minimum Gasteiger partial charge on any atom is -0.507 e. The van der Waals surface area contributed by atoms with E-state index in [0.29, 0.717) is 5.56 Å². The molecule has 0 atom stereocenters. The molecule has 2 heterocycles. The fraction of sp³-hybridized carbons (Fsp3) is 0.278. The van der Waals surface area contributed by atoms with Gasteiger partial charge in [0.2, 0.25) is 0 Å². The van der Waals surface area contributed by atoms with Crippen LogP contribution >= 0.6 is 0 Å². The minimum absolute atomic E-state index is 0.00723. The molecule has 1 aromatic heterocycles. The van der Waals surface area contributed by atoms with Crippen molar-refractivity contribution in [1.82, 2.24) is 9.88 Å². The predicted octanol–water partition coefficient (Wildman–Crippen LogP) is 0.153. The third kappa shape index (κ3) is 3.77. The van der Waals surface area contributed by atoms with Crippen molar-refractivity contribution in [2.45, 2.75) is 25.0 Å². The van der Waals surface area contributed by atoms with Gasteiger partial charge in [-0.1, -0.05) is 29.8 Å². The van der Waals surface area contributed by atoms with Crippen molar-refractivity contribution in [3.63, 3.8) is 0 Å². The summed E-state index contributed by atoms with van der Waals surface area (Å²) in [6.45, 7) is 1.16. The second-order valence-corrected chi connectivity index (χ2v) is 8.70. The van der Waals surface area contributed by atoms with Gasteiger partial charge in [0.05, 0.1) is 18.1 Å². The van der Waals surface area contributed by atoms with E-state index in [1.165, 1.54) is 0 Å². The Balaban J connectivity index is 2.15. The lowest BCUT2D eigenvalue weighted by atomic mass is 10.1. The van der Waals surface area contributed by atoms with E-state index in [1.807, 2.05) is 24.4 Å². The zero-order valence-electron chi connectivity index (χ0n) is 14.9. The lowest BCUT2D eigenvalue weighted by molar-refractivity contribution is -0.135. The molecule has 1 amide bonds. The van der Waals surface area contributed by atoms with Crippen molar-refractivity contribution in [2.75, 3.05) is 6.54 Å². The lowest BCUT2D eigenvalue weighted by Gasteiger charge is -2.16. The second kappa shape index (κ2) is 7.12. The van der Waals surface area contributed by atoms with Crippen LogP contribution in [0.4, 0.5) is 0 Å². The van der Waals surface area contributed by atoms with Crippen LogP contribution in [-0.2, 0) is 32.7 Å². The number of pyridine rings is 1.